The summed E-state index contributed by atoms with van der Waals surface area (Å²) in [5.41, 5.74) is -0.0886. The van der Waals surface area contributed by atoms with Gasteiger partial charge in [0.25, 0.3) is 5.56 Å². The Labute approximate surface area is 102 Å². The summed E-state index contributed by atoms with van der Waals surface area (Å²) >= 11 is 8.86. The SMILES string of the molecule is O=c1c(Br)c(Cl)ncn1CCC1CCC1. The van der Waals surface area contributed by atoms with E-state index in [0.29, 0.717) is 4.47 Å². The highest BCUT2D eigenvalue weighted by Gasteiger charge is 2.17. The molecule has 5 heteroatoms. The van der Waals surface area contributed by atoms with Crippen LogP contribution < -0.4 is 5.56 Å². The van der Waals surface area contributed by atoms with Gasteiger partial charge in [0.1, 0.15) is 4.47 Å². The van der Waals surface area contributed by atoms with E-state index in [0.717, 1.165) is 18.9 Å². The summed E-state index contributed by atoms with van der Waals surface area (Å²) in [6.45, 7) is 0.742. The standard InChI is InChI=1S/C10H12BrClN2O/c11-8-9(12)13-6-14(10(8)15)5-4-7-2-1-3-7/h6-7H,1-5H2. The summed E-state index contributed by atoms with van der Waals surface area (Å²) in [7, 11) is 0. The Morgan fingerprint density at radius 2 is 2.33 bits per heavy atom. The maximum Gasteiger partial charge on any atom is 0.269 e. The molecular weight excluding hydrogens is 279 g/mol. The molecule has 1 aromatic rings. The van der Waals surface area contributed by atoms with Crippen LogP contribution in [0.2, 0.25) is 5.15 Å². The highest BCUT2D eigenvalue weighted by Crippen LogP contribution is 2.29. The zero-order chi connectivity index (χ0) is 10.8. The zero-order valence-corrected chi connectivity index (χ0v) is 10.6. The average Bonchev–Trinajstić information content (AvgIpc) is 2.15. The van der Waals surface area contributed by atoms with Gasteiger partial charge in [-0.15, -0.1) is 0 Å². The molecule has 2 rings (SSSR count). The minimum absolute atomic E-state index is 0.0886. The van der Waals surface area contributed by atoms with Gasteiger partial charge in [0.2, 0.25) is 0 Å². The van der Waals surface area contributed by atoms with E-state index in [-0.39, 0.29) is 10.7 Å². The molecule has 1 aromatic heterocycles. The maximum atomic E-state index is 11.7. The van der Waals surface area contributed by atoms with Crippen LogP contribution >= 0.6 is 27.5 Å². The van der Waals surface area contributed by atoms with Gasteiger partial charge in [-0.25, -0.2) is 4.98 Å². The van der Waals surface area contributed by atoms with Gasteiger partial charge in [0, 0.05) is 6.54 Å². The first-order valence-electron chi connectivity index (χ1n) is 5.09. The van der Waals surface area contributed by atoms with Crippen LogP contribution in [0.5, 0.6) is 0 Å². The fourth-order valence-electron chi connectivity index (χ4n) is 1.71. The van der Waals surface area contributed by atoms with E-state index in [4.69, 9.17) is 11.6 Å². The lowest BCUT2D eigenvalue weighted by molar-refractivity contribution is 0.280. The van der Waals surface area contributed by atoms with Crippen LogP contribution in [0.25, 0.3) is 0 Å². The molecule has 1 heterocycles. The normalized spacial score (nSPS) is 16.4. The van der Waals surface area contributed by atoms with Gasteiger partial charge in [0.15, 0.2) is 5.15 Å². The van der Waals surface area contributed by atoms with Crippen molar-refractivity contribution in [1.29, 1.82) is 0 Å². The predicted molar refractivity (Wildman–Crippen MR) is 63.2 cm³/mol. The van der Waals surface area contributed by atoms with E-state index < -0.39 is 0 Å². The van der Waals surface area contributed by atoms with Crippen molar-refractivity contribution in [2.75, 3.05) is 0 Å². The minimum atomic E-state index is -0.0886. The molecule has 3 nitrogen and oxygen atoms in total. The van der Waals surface area contributed by atoms with Crippen molar-refractivity contribution in [2.45, 2.75) is 32.2 Å². The Morgan fingerprint density at radius 1 is 1.60 bits per heavy atom. The lowest BCUT2D eigenvalue weighted by Gasteiger charge is -2.25. The van der Waals surface area contributed by atoms with E-state index in [1.54, 1.807) is 4.57 Å². The molecule has 1 fully saturated rings. The second-order valence-corrected chi connectivity index (χ2v) is 5.08. The van der Waals surface area contributed by atoms with Gasteiger partial charge in [-0.05, 0) is 28.3 Å². The molecule has 1 saturated carbocycles. The van der Waals surface area contributed by atoms with Crippen LogP contribution in [0.3, 0.4) is 0 Å². The van der Waals surface area contributed by atoms with Crippen molar-refractivity contribution in [3.05, 3.63) is 26.3 Å². The first-order chi connectivity index (χ1) is 7.18. The minimum Gasteiger partial charge on any atom is -0.298 e. The molecule has 0 bridgehead atoms. The fraction of sp³-hybridized carbons (Fsp3) is 0.600. The third kappa shape index (κ3) is 2.42. The Morgan fingerprint density at radius 3 is 2.93 bits per heavy atom. The van der Waals surface area contributed by atoms with Crippen molar-refractivity contribution < 1.29 is 0 Å². The summed E-state index contributed by atoms with van der Waals surface area (Å²) < 4.78 is 1.98. The van der Waals surface area contributed by atoms with Crippen LogP contribution in [0.1, 0.15) is 25.7 Å². The third-order valence-electron chi connectivity index (χ3n) is 2.94. The fourth-order valence-corrected chi connectivity index (χ4v) is 2.16. The maximum absolute atomic E-state index is 11.7. The van der Waals surface area contributed by atoms with Crippen molar-refractivity contribution in [3.63, 3.8) is 0 Å². The topological polar surface area (TPSA) is 34.9 Å². The van der Waals surface area contributed by atoms with Crippen LogP contribution in [0.15, 0.2) is 15.6 Å². The quantitative estimate of drug-likeness (QED) is 0.803. The zero-order valence-electron chi connectivity index (χ0n) is 8.25. The molecule has 0 radical (unpaired) electrons. The summed E-state index contributed by atoms with van der Waals surface area (Å²) in [5.74, 6) is 0.798. The molecule has 0 unspecified atom stereocenters. The molecule has 0 N–H and O–H groups in total. The third-order valence-corrected chi connectivity index (χ3v) is 4.17. The molecular formula is C10H12BrClN2O. The molecule has 0 spiro atoms. The van der Waals surface area contributed by atoms with Crippen LogP contribution in [-0.4, -0.2) is 9.55 Å². The molecule has 82 valence electrons. The van der Waals surface area contributed by atoms with Crippen molar-refractivity contribution in [3.8, 4) is 0 Å². The molecule has 0 saturated heterocycles. The Bertz CT molecular complexity index is 414. The summed E-state index contributed by atoms with van der Waals surface area (Å²) in [4.78, 5) is 15.6. The molecule has 0 amide bonds. The first-order valence-corrected chi connectivity index (χ1v) is 6.26. The number of nitrogens with zero attached hydrogens (tertiary/aromatic N) is 2. The Kier molecular flexibility index (Phi) is 3.46. The van der Waals surface area contributed by atoms with Crippen LogP contribution in [-0.2, 0) is 6.54 Å². The number of rotatable bonds is 3. The number of hydrogen-bond acceptors (Lipinski definition) is 2. The van der Waals surface area contributed by atoms with Crippen molar-refractivity contribution >= 4 is 27.5 Å². The number of halogens is 2. The number of hydrogen-bond donors (Lipinski definition) is 0. The van der Waals surface area contributed by atoms with E-state index in [1.807, 2.05) is 0 Å². The van der Waals surface area contributed by atoms with E-state index in [9.17, 15) is 4.79 Å². The molecule has 0 atom stereocenters. The van der Waals surface area contributed by atoms with Gasteiger partial charge in [0.05, 0.1) is 6.33 Å². The average molecular weight is 292 g/mol. The van der Waals surface area contributed by atoms with Crippen LogP contribution in [0.4, 0.5) is 0 Å². The lowest BCUT2D eigenvalue weighted by atomic mass is 9.83. The van der Waals surface area contributed by atoms with Crippen molar-refractivity contribution in [2.24, 2.45) is 5.92 Å². The molecule has 15 heavy (non-hydrogen) atoms. The number of aromatic nitrogens is 2. The highest BCUT2D eigenvalue weighted by molar-refractivity contribution is 9.10. The van der Waals surface area contributed by atoms with Crippen molar-refractivity contribution in [1.82, 2.24) is 9.55 Å². The van der Waals surface area contributed by atoms with E-state index >= 15 is 0 Å². The predicted octanol–water partition coefficient (Wildman–Crippen LogP) is 2.85. The lowest BCUT2D eigenvalue weighted by Crippen LogP contribution is -2.24. The summed E-state index contributed by atoms with van der Waals surface area (Å²) in [6, 6.07) is 0. The molecule has 1 aliphatic carbocycles. The van der Waals surface area contributed by atoms with Gasteiger partial charge in [-0.3, -0.25) is 9.36 Å². The Balaban J connectivity index is 2.07. The van der Waals surface area contributed by atoms with Gasteiger partial charge in [-0.1, -0.05) is 30.9 Å². The van der Waals surface area contributed by atoms with Gasteiger partial charge in [-0.2, -0.15) is 0 Å². The second-order valence-electron chi connectivity index (χ2n) is 3.93. The summed E-state index contributed by atoms with van der Waals surface area (Å²) in [6.07, 6.45) is 6.53. The first kappa shape index (κ1) is 11.1. The number of aryl methyl sites for hydroxylation is 1. The van der Waals surface area contributed by atoms with E-state index in [2.05, 4.69) is 20.9 Å². The van der Waals surface area contributed by atoms with Crippen LogP contribution in [0, 0.1) is 5.92 Å². The highest BCUT2D eigenvalue weighted by atomic mass is 79.9. The monoisotopic (exact) mass is 290 g/mol. The summed E-state index contributed by atoms with van der Waals surface area (Å²) in [5, 5.41) is 0.236. The second kappa shape index (κ2) is 4.66. The molecule has 0 aromatic carbocycles. The smallest absolute Gasteiger partial charge is 0.269 e. The Hall–Kier alpha value is -0.350. The van der Waals surface area contributed by atoms with Gasteiger partial charge < -0.3 is 0 Å². The molecule has 1 aliphatic rings. The largest absolute Gasteiger partial charge is 0.298 e. The van der Waals surface area contributed by atoms with E-state index in [1.165, 1.54) is 25.6 Å². The molecule has 0 aliphatic heterocycles. The van der Waals surface area contributed by atoms with Gasteiger partial charge >= 0.3 is 0 Å².